The van der Waals surface area contributed by atoms with Gasteiger partial charge >= 0.3 is 0 Å². The Balaban J connectivity index is 2.53. The predicted molar refractivity (Wildman–Crippen MR) is 49.3 cm³/mol. The maximum Gasteiger partial charge on any atom is 0.228 e. The minimum absolute atomic E-state index is 0.201. The fraction of sp³-hybridized carbons (Fsp3) is 0.400. The van der Waals surface area contributed by atoms with Crippen LogP contribution >= 0.6 is 0 Å². The third kappa shape index (κ3) is 2.55. The van der Waals surface area contributed by atoms with Crippen molar-refractivity contribution < 1.29 is 9.64 Å². The van der Waals surface area contributed by atoms with Crippen LogP contribution in [0.15, 0.2) is 30.3 Å². The van der Waals surface area contributed by atoms with E-state index in [1.54, 1.807) is 0 Å². The molecule has 0 spiro atoms. The van der Waals surface area contributed by atoms with Crippen LogP contribution in [0.1, 0.15) is 6.92 Å². The van der Waals surface area contributed by atoms with E-state index in [9.17, 15) is 0 Å². The molecular weight excluding hydrogens is 150 g/mol. The van der Waals surface area contributed by atoms with Gasteiger partial charge in [-0.3, -0.25) is 0 Å². The van der Waals surface area contributed by atoms with Crippen LogP contribution in [-0.4, -0.2) is 20.3 Å². The maximum absolute atomic E-state index is 5.64. The lowest BCUT2D eigenvalue weighted by atomic mass is 10.3. The SMILES string of the molecule is CC(Oc1ccccc1)[NH+](C)C. The fourth-order valence-electron chi connectivity index (χ4n) is 0.821. The molecule has 1 rings (SSSR count). The van der Waals surface area contributed by atoms with Gasteiger partial charge in [-0.15, -0.1) is 0 Å². The smallest absolute Gasteiger partial charge is 0.228 e. The molecule has 1 aromatic rings. The van der Waals surface area contributed by atoms with Crippen LogP contribution in [-0.2, 0) is 0 Å². The van der Waals surface area contributed by atoms with Crippen LogP contribution in [0, 0.1) is 0 Å². The average molecular weight is 166 g/mol. The zero-order valence-corrected chi connectivity index (χ0v) is 7.87. The number of ether oxygens (including phenoxy) is 1. The Morgan fingerprint density at radius 1 is 1.17 bits per heavy atom. The molecule has 0 aliphatic carbocycles. The van der Waals surface area contributed by atoms with Crippen molar-refractivity contribution in [1.82, 2.24) is 0 Å². The molecule has 1 unspecified atom stereocenters. The molecule has 0 fully saturated rings. The summed E-state index contributed by atoms with van der Waals surface area (Å²) in [5.74, 6) is 0.936. The van der Waals surface area contributed by atoms with E-state index in [-0.39, 0.29) is 6.23 Å². The Hall–Kier alpha value is -1.02. The van der Waals surface area contributed by atoms with E-state index in [0.717, 1.165) is 5.75 Å². The van der Waals surface area contributed by atoms with Gasteiger partial charge in [0.25, 0.3) is 0 Å². The van der Waals surface area contributed by atoms with Gasteiger partial charge in [-0.2, -0.15) is 0 Å². The maximum atomic E-state index is 5.64. The second-order valence-corrected chi connectivity index (χ2v) is 3.15. The molecule has 1 atom stereocenters. The van der Waals surface area contributed by atoms with Gasteiger partial charge in [0.2, 0.25) is 6.23 Å². The molecule has 0 aliphatic heterocycles. The van der Waals surface area contributed by atoms with Gasteiger partial charge in [0.15, 0.2) is 0 Å². The van der Waals surface area contributed by atoms with Crippen LogP contribution in [0.3, 0.4) is 0 Å². The Kier molecular flexibility index (Phi) is 3.11. The van der Waals surface area contributed by atoms with Gasteiger partial charge in [0.05, 0.1) is 14.1 Å². The van der Waals surface area contributed by atoms with E-state index in [0.29, 0.717) is 0 Å². The minimum Gasteiger partial charge on any atom is -0.443 e. The first-order valence-electron chi connectivity index (χ1n) is 4.22. The first-order valence-corrected chi connectivity index (χ1v) is 4.22. The highest BCUT2D eigenvalue weighted by Crippen LogP contribution is 2.08. The Morgan fingerprint density at radius 2 is 1.75 bits per heavy atom. The molecule has 2 nitrogen and oxygen atoms in total. The topological polar surface area (TPSA) is 13.7 Å². The van der Waals surface area contributed by atoms with E-state index >= 15 is 0 Å². The zero-order valence-electron chi connectivity index (χ0n) is 7.87. The lowest BCUT2D eigenvalue weighted by molar-refractivity contribution is -0.903. The second kappa shape index (κ2) is 4.12. The first kappa shape index (κ1) is 9.07. The van der Waals surface area contributed by atoms with Gasteiger partial charge < -0.3 is 9.64 Å². The molecule has 0 aromatic heterocycles. The lowest BCUT2D eigenvalue weighted by Gasteiger charge is -2.17. The fourth-order valence-corrected chi connectivity index (χ4v) is 0.821. The van der Waals surface area contributed by atoms with E-state index < -0.39 is 0 Å². The summed E-state index contributed by atoms with van der Waals surface area (Å²) < 4.78 is 5.64. The molecule has 0 amide bonds. The number of quaternary nitrogens is 1. The molecule has 1 aromatic carbocycles. The standard InChI is InChI=1S/C10H15NO/c1-9(11(2)3)12-10-7-5-4-6-8-10/h4-9H,1-3H3/p+1. The van der Waals surface area contributed by atoms with Crippen molar-refractivity contribution in [2.24, 2.45) is 0 Å². The summed E-state index contributed by atoms with van der Waals surface area (Å²) in [4.78, 5) is 1.29. The van der Waals surface area contributed by atoms with E-state index in [1.165, 1.54) is 4.90 Å². The van der Waals surface area contributed by atoms with E-state index in [4.69, 9.17) is 4.74 Å². The van der Waals surface area contributed by atoms with Crippen molar-refractivity contribution in [3.8, 4) is 5.75 Å². The van der Waals surface area contributed by atoms with Crippen LogP contribution in [0.5, 0.6) is 5.75 Å². The van der Waals surface area contributed by atoms with Crippen molar-refractivity contribution >= 4 is 0 Å². The van der Waals surface area contributed by atoms with Gasteiger partial charge in [-0.1, -0.05) is 18.2 Å². The van der Waals surface area contributed by atoms with Gasteiger partial charge in [0, 0.05) is 6.92 Å². The van der Waals surface area contributed by atoms with Crippen LogP contribution < -0.4 is 9.64 Å². The minimum atomic E-state index is 0.201. The Morgan fingerprint density at radius 3 is 2.25 bits per heavy atom. The average Bonchev–Trinajstić information content (AvgIpc) is 2.06. The Labute approximate surface area is 73.8 Å². The van der Waals surface area contributed by atoms with Crippen molar-refractivity contribution in [2.45, 2.75) is 13.2 Å². The number of rotatable bonds is 3. The zero-order chi connectivity index (χ0) is 8.97. The number of benzene rings is 1. The Bertz CT molecular complexity index is 221. The number of hydrogen-bond donors (Lipinski definition) is 1. The van der Waals surface area contributed by atoms with Crippen molar-refractivity contribution in [3.05, 3.63) is 30.3 Å². The van der Waals surface area contributed by atoms with Gasteiger partial charge in [-0.25, -0.2) is 0 Å². The number of para-hydroxylation sites is 1. The molecule has 1 N–H and O–H groups in total. The summed E-state index contributed by atoms with van der Waals surface area (Å²) in [6.07, 6.45) is 0.201. The third-order valence-electron chi connectivity index (χ3n) is 1.87. The summed E-state index contributed by atoms with van der Waals surface area (Å²) >= 11 is 0. The summed E-state index contributed by atoms with van der Waals surface area (Å²) in [6.45, 7) is 2.06. The largest absolute Gasteiger partial charge is 0.443 e. The molecule has 0 radical (unpaired) electrons. The summed E-state index contributed by atoms with van der Waals surface area (Å²) in [5.41, 5.74) is 0. The molecule has 12 heavy (non-hydrogen) atoms. The molecule has 0 saturated heterocycles. The van der Waals surface area contributed by atoms with Crippen LogP contribution in [0.25, 0.3) is 0 Å². The monoisotopic (exact) mass is 166 g/mol. The first-order chi connectivity index (χ1) is 5.70. The molecule has 0 bridgehead atoms. The number of hydrogen-bond acceptors (Lipinski definition) is 1. The highest BCUT2D eigenvalue weighted by Gasteiger charge is 2.07. The summed E-state index contributed by atoms with van der Waals surface area (Å²) in [6, 6.07) is 9.89. The molecule has 2 heteroatoms. The summed E-state index contributed by atoms with van der Waals surface area (Å²) in [5, 5.41) is 0. The van der Waals surface area contributed by atoms with Crippen LogP contribution in [0.4, 0.5) is 0 Å². The van der Waals surface area contributed by atoms with Gasteiger partial charge in [0.1, 0.15) is 5.75 Å². The highest BCUT2D eigenvalue weighted by molar-refractivity contribution is 5.20. The molecule has 0 heterocycles. The van der Waals surface area contributed by atoms with E-state index in [2.05, 4.69) is 21.0 Å². The van der Waals surface area contributed by atoms with E-state index in [1.807, 2.05) is 30.3 Å². The van der Waals surface area contributed by atoms with Crippen molar-refractivity contribution in [3.63, 3.8) is 0 Å². The number of nitrogens with one attached hydrogen (secondary N) is 1. The second-order valence-electron chi connectivity index (χ2n) is 3.15. The molecule has 66 valence electrons. The predicted octanol–water partition coefficient (Wildman–Crippen LogP) is 0.556. The molecule has 0 aliphatic rings. The lowest BCUT2D eigenvalue weighted by Crippen LogP contribution is -3.10. The normalized spacial score (nSPS) is 13.0. The highest BCUT2D eigenvalue weighted by atomic mass is 16.5. The van der Waals surface area contributed by atoms with Crippen LogP contribution in [0.2, 0.25) is 0 Å². The van der Waals surface area contributed by atoms with Gasteiger partial charge in [-0.05, 0) is 12.1 Å². The molecular formula is C10H16NO+. The van der Waals surface area contributed by atoms with Crippen molar-refractivity contribution in [1.29, 1.82) is 0 Å². The van der Waals surface area contributed by atoms with Crippen molar-refractivity contribution in [2.75, 3.05) is 14.1 Å². The third-order valence-corrected chi connectivity index (χ3v) is 1.87. The molecule has 0 saturated carbocycles. The quantitative estimate of drug-likeness (QED) is 0.648. The summed E-state index contributed by atoms with van der Waals surface area (Å²) in [7, 11) is 4.15.